The molecule has 0 aliphatic carbocycles. The second kappa shape index (κ2) is 6.99. The summed E-state index contributed by atoms with van der Waals surface area (Å²) in [6, 6.07) is 10.6. The summed E-state index contributed by atoms with van der Waals surface area (Å²) < 4.78 is 14.8. The lowest BCUT2D eigenvalue weighted by atomic mass is 10.1. The van der Waals surface area contributed by atoms with Crippen LogP contribution in [0.3, 0.4) is 0 Å². The fourth-order valence-electron chi connectivity index (χ4n) is 2.17. The molecule has 120 valence electrons. The van der Waals surface area contributed by atoms with Crippen molar-refractivity contribution in [3.8, 4) is 0 Å². The van der Waals surface area contributed by atoms with Crippen molar-refractivity contribution in [3.63, 3.8) is 0 Å². The molecule has 1 heterocycles. The van der Waals surface area contributed by atoms with Crippen LogP contribution >= 0.6 is 23.2 Å². The predicted molar refractivity (Wildman–Crippen MR) is 93.6 cm³/mol. The van der Waals surface area contributed by atoms with E-state index >= 15 is 0 Å². The topological polar surface area (TPSA) is 34.9 Å². The summed E-state index contributed by atoms with van der Waals surface area (Å²) in [6.07, 6.45) is 6.32. The first-order chi connectivity index (χ1) is 11.5. The number of benzene rings is 2. The fraction of sp³-hybridized carbons (Fsp3) is 0. The number of allylic oxidation sites excluding steroid dienone is 1. The van der Waals surface area contributed by atoms with Gasteiger partial charge in [0.15, 0.2) is 0 Å². The molecule has 3 rings (SSSR count). The Balaban J connectivity index is 2.08. The van der Waals surface area contributed by atoms with Crippen molar-refractivity contribution in [3.05, 3.63) is 88.2 Å². The summed E-state index contributed by atoms with van der Waals surface area (Å²) in [6.45, 7) is 0. The van der Waals surface area contributed by atoms with Crippen molar-refractivity contribution in [2.45, 2.75) is 0 Å². The molecule has 1 aromatic heterocycles. The lowest BCUT2D eigenvalue weighted by molar-refractivity contribution is 0.105. The molecule has 3 nitrogen and oxygen atoms in total. The molecule has 24 heavy (non-hydrogen) atoms. The van der Waals surface area contributed by atoms with E-state index in [1.54, 1.807) is 47.3 Å². The molecule has 0 aliphatic heterocycles. The van der Waals surface area contributed by atoms with Gasteiger partial charge in [-0.1, -0.05) is 29.3 Å². The quantitative estimate of drug-likeness (QED) is 0.472. The first-order valence-electron chi connectivity index (χ1n) is 7.00. The van der Waals surface area contributed by atoms with Gasteiger partial charge in [-0.25, -0.2) is 9.37 Å². The van der Waals surface area contributed by atoms with Crippen LogP contribution in [0, 0.1) is 5.82 Å². The van der Waals surface area contributed by atoms with Crippen LogP contribution in [0.25, 0.3) is 11.8 Å². The van der Waals surface area contributed by atoms with Gasteiger partial charge in [0.1, 0.15) is 5.82 Å². The number of carbonyl (C=O) groups excluding carboxylic acids is 1. The number of hydrogen-bond donors (Lipinski definition) is 0. The highest BCUT2D eigenvalue weighted by Crippen LogP contribution is 2.24. The second-order valence-electron chi connectivity index (χ2n) is 5.00. The van der Waals surface area contributed by atoms with Gasteiger partial charge < -0.3 is 4.57 Å². The van der Waals surface area contributed by atoms with Crippen molar-refractivity contribution < 1.29 is 9.18 Å². The molecule has 0 atom stereocenters. The van der Waals surface area contributed by atoms with Gasteiger partial charge in [-0.05, 0) is 48.0 Å². The van der Waals surface area contributed by atoms with Crippen LogP contribution in [0.4, 0.5) is 4.39 Å². The molecule has 2 aromatic carbocycles. The van der Waals surface area contributed by atoms with Crippen LogP contribution in [0.1, 0.15) is 15.9 Å². The number of carbonyl (C=O) groups is 1. The van der Waals surface area contributed by atoms with E-state index in [1.165, 1.54) is 24.5 Å². The molecule has 0 saturated carbocycles. The molecule has 0 saturated heterocycles. The van der Waals surface area contributed by atoms with E-state index in [2.05, 4.69) is 4.98 Å². The van der Waals surface area contributed by atoms with Crippen molar-refractivity contribution in [2.24, 2.45) is 0 Å². The van der Waals surface area contributed by atoms with Crippen molar-refractivity contribution in [2.75, 3.05) is 0 Å². The minimum Gasteiger partial charge on any atom is -0.303 e. The SMILES string of the molecule is O=C(C(=Cc1ccc(F)cc1Cl)n1ccnc1)c1ccc(Cl)cc1. The molecule has 6 heteroatoms. The van der Waals surface area contributed by atoms with Crippen LogP contribution in [0.15, 0.2) is 61.2 Å². The molecular formula is C18H11Cl2FN2O. The molecule has 0 spiro atoms. The molecular weight excluding hydrogens is 350 g/mol. The van der Waals surface area contributed by atoms with Crippen molar-refractivity contribution in [1.82, 2.24) is 9.55 Å². The summed E-state index contributed by atoms with van der Waals surface area (Å²) >= 11 is 11.9. The van der Waals surface area contributed by atoms with E-state index in [4.69, 9.17) is 23.2 Å². The number of nitrogens with zero attached hydrogens (tertiary/aromatic N) is 2. The summed E-state index contributed by atoms with van der Waals surface area (Å²) in [7, 11) is 0. The second-order valence-corrected chi connectivity index (χ2v) is 5.85. The zero-order chi connectivity index (χ0) is 17.1. The summed E-state index contributed by atoms with van der Waals surface area (Å²) in [4.78, 5) is 16.8. The molecule has 0 radical (unpaired) electrons. The summed E-state index contributed by atoms with van der Waals surface area (Å²) in [5, 5.41) is 0.762. The third kappa shape index (κ3) is 3.55. The Bertz CT molecular complexity index is 903. The maximum atomic E-state index is 13.2. The first-order valence-corrected chi connectivity index (χ1v) is 7.75. The van der Waals surface area contributed by atoms with E-state index in [1.807, 2.05) is 0 Å². The van der Waals surface area contributed by atoms with E-state index < -0.39 is 5.82 Å². The molecule has 0 bridgehead atoms. The first kappa shape index (κ1) is 16.4. The lowest BCUT2D eigenvalue weighted by Gasteiger charge is -2.09. The van der Waals surface area contributed by atoms with Gasteiger partial charge in [-0.2, -0.15) is 0 Å². The van der Waals surface area contributed by atoms with E-state index in [-0.39, 0.29) is 10.8 Å². The van der Waals surface area contributed by atoms with Gasteiger partial charge in [-0.3, -0.25) is 4.79 Å². The Morgan fingerprint density at radius 3 is 2.50 bits per heavy atom. The normalized spacial score (nSPS) is 11.5. The molecule has 0 amide bonds. The number of imidazole rings is 1. The van der Waals surface area contributed by atoms with Gasteiger partial charge in [0.05, 0.1) is 17.0 Å². The predicted octanol–water partition coefficient (Wildman–Crippen LogP) is 5.21. The Kier molecular flexibility index (Phi) is 4.79. The van der Waals surface area contributed by atoms with E-state index in [9.17, 15) is 9.18 Å². The third-order valence-electron chi connectivity index (χ3n) is 3.38. The van der Waals surface area contributed by atoms with E-state index in [0.717, 1.165) is 0 Å². The molecule has 0 unspecified atom stereocenters. The molecule has 0 aliphatic rings. The number of aromatic nitrogens is 2. The Hall–Kier alpha value is -2.43. The zero-order valence-electron chi connectivity index (χ0n) is 12.3. The average molecular weight is 361 g/mol. The largest absolute Gasteiger partial charge is 0.303 e. The molecule has 0 fully saturated rings. The summed E-state index contributed by atoms with van der Waals surface area (Å²) in [5.74, 6) is -0.671. The average Bonchev–Trinajstić information content (AvgIpc) is 3.08. The number of hydrogen-bond acceptors (Lipinski definition) is 2. The maximum Gasteiger partial charge on any atom is 0.209 e. The minimum absolute atomic E-state index is 0.219. The number of ketones is 1. The highest BCUT2D eigenvalue weighted by atomic mass is 35.5. The van der Waals surface area contributed by atoms with Gasteiger partial charge in [0.2, 0.25) is 5.78 Å². The third-order valence-corrected chi connectivity index (χ3v) is 3.96. The highest BCUT2D eigenvalue weighted by molar-refractivity contribution is 6.34. The van der Waals surface area contributed by atoms with E-state index in [0.29, 0.717) is 21.8 Å². The monoisotopic (exact) mass is 360 g/mol. The minimum atomic E-state index is -0.439. The van der Waals surface area contributed by atoms with Gasteiger partial charge in [0.25, 0.3) is 0 Å². The van der Waals surface area contributed by atoms with Crippen LogP contribution in [0.5, 0.6) is 0 Å². The number of Topliss-reactive ketones (excluding diaryl/α,β-unsaturated/α-hetero) is 1. The zero-order valence-corrected chi connectivity index (χ0v) is 13.8. The van der Waals surface area contributed by atoms with Crippen LogP contribution in [-0.4, -0.2) is 15.3 Å². The molecule has 0 N–H and O–H groups in total. The lowest BCUT2D eigenvalue weighted by Crippen LogP contribution is -2.08. The summed E-state index contributed by atoms with van der Waals surface area (Å²) in [5.41, 5.74) is 1.34. The van der Waals surface area contributed by atoms with Crippen molar-refractivity contribution >= 4 is 40.8 Å². The van der Waals surface area contributed by atoms with Crippen LogP contribution < -0.4 is 0 Å². The van der Waals surface area contributed by atoms with Crippen molar-refractivity contribution in [1.29, 1.82) is 0 Å². The Labute approximate surface area is 148 Å². The standard InChI is InChI=1S/C18H11Cl2FN2O/c19-14-4-1-12(2-5-14)18(24)17(23-8-7-22-11-23)9-13-3-6-15(21)10-16(13)20/h1-11H. The smallest absolute Gasteiger partial charge is 0.209 e. The fourth-order valence-corrected chi connectivity index (χ4v) is 2.52. The number of rotatable bonds is 4. The highest BCUT2D eigenvalue weighted by Gasteiger charge is 2.15. The Morgan fingerprint density at radius 1 is 1.12 bits per heavy atom. The van der Waals surface area contributed by atoms with Gasteiger partial charge in [-0.15, -0.1) is 0 Å². The molecule has 3 aromatic rings. The van der Waals surface area contributed by atoms with Crippen LogP contribution in [0.2, 0.25) is 10.0 Å². The van der Waals surface area contributed by atoms with Gasteiger partial charge >= 0.3 is 0 Å². The van der Waals surface area contributed by atoms with Gasteiger partial charge in [0, 0.05) is 23.0 Å². The number of halogens is 3. The van der Waals surface area contributed by atoms with Crippen LogP contribution in [-0.2, 0) is 0 Å². The maximum absolute atomic E-state index is 13.2. The Morgan fingerprint density at radius 2 is 1.88 bits per heavy atom.